The summed E-state index contributed by atoms with van der Waals surface area (Å²) in [6, 6.07) is 0. The number of anilines is 1. The quantitative estimate of drug-likeness (QED) is 0.619. The Morgan fingerprint density at radius 2 is 2.21 bits per heavy atom. The van der Waals surface area contributed by atoms with E-state index >= 15 is 0 Å². The lowest BCUT2D eigenvalue weighted by Crippen LogP contribution is -2.19. The Balaban J connectivity index is 1.75. The minimum atomic E-state index is 0.188. The molecule has 1 unspecified atom stereocenters. The Bertz CT molecular complexity index is 456. The van der Waals surface area contributed by atoms with E-state index in [1.165, 1.54) is 0 Å². The molecule has 0 bridgehead atoms. The molecule has 3 N–H and O–H groups in total. The van der Waals surface area contributed by atoms with Gasteiger partial charge in [0.15, 0.2) is 0 Å². The molecule has 1 aliphatic heterocycles. The van der Waals surface area contributed by atoms with Crippen molar-refractivity contribution >= 4 is 5.82 Å². The van der Waals surface area contributed by atoms with Crippen LogP contribution in [0, 0.1) is 6.92 Å². The second kappa shape index (κ2) is 5.30. The van der Waals surface area contributed by atoms with Crippen LogP contribution in [0.4, 0.5) is 5.82 Å². The van der Waals surface area contributed by atoms with Gasteiger partial charge in [-0.3, -0.25) is 0 Å². The number of aromatic nitrogens is 2. The van der Waals surface area contributed by atoms with Crippen LogP contribution in [0.1, 0.15) is 43.0 Å². The molecule has 2 heterocycles. The Hall–Kier alpha value is -1.40. The van der Waals surface area contributed by atoms with E-state index in [4.69, 9.17) is 15.3 Å². The minimum absolute atomic E-state index is 0.188. The van der Waals surface area contributed by atoms with E-state index in [1.807, 2.05) is 6.92 Å². The van der Waals surface area contributed by atoms with Gasteiger partial charge in [-0.25, -0.2) is 10.8 Å². The Morgan fingerprint density at radius 1 is 1.37 bits per heavy atom. The highest BCUT2D eigenvalue weighted by Gasteiger charge is 2.28. The maximum Gasteiger partial charge on any atom is 0.221 e. The summed E-state index contributed by atoms with van der Waals surface area (Å²) in [7, 11) is 0. The first-order chi connectivity index (χ1) is 9.28. The number of rotatable bonds is 5. The molecule has 0 radical (unpaired) electrons. The van der Waals surface area contributed by atoms with Crippen molar-refractivity contribution in [2.75, 3.05) is 18.6 Å². The highest BCUT2D eigenvalue weighted by atomic mass is 16.5. The molecule has 3 rings (SSSR count). The molecule has 2 fully saturated rings. The van der Waals surface area contributed by atoms with Crippen LogP contribution in [0.2, 0.25) is 0 Å². The number of nitrogens with one attached hydrogen (secondary N) is 1. The first kappa shape index (κ1) is 12.6. The van der Waals surface area contributed by atoms with Crippen molar-refractivity contribution < 1.29 is 9.47 Å². The summed E-state index contributed by atoms with van der Waals surface area (Å²) in [6.07, 6.45) is 4.66. The smallest absolute Gasteiger partial charge is 0.221 e. The van der Waals surface area contributed by atoms with Gasteiger partial charge in [0.1, 0.15) is 18.2 Å². The Morgan fingerprint density at radius 3 is 2.84 bits per heavy atom. The van der Waals surface area contributed by atoms with Gasteiger partial charge in [-0.05, 0) is 32.6 Å². The molecule has 1 atom stereocenters. The van der Waals surface area contributed by atoms with E-state index < -0.39 is 0 Å². The predicted molar refractivity (Wildman–Crippen MR) is 71.0 cm³/mol. The van der Waals surface area contributed by atoms with E-state index in [0.717, 1.165) is 43.7 Å². The van der Waals surface area contributed by atoms with Gasteiger partial charge in [0.05, 0.1) is 11.7 Å². The third-order valence-corrected chi connectivity index (χ3v) is 3.63. The zero-order valence-corrected chi connectivity index (χ0v) is 11.2. The van der Waals surface area contributed by atoms with Crippen LogP contribution in [0.15, 0.2) is 0 Å². The van der Waals surface area contributed by atoms with Crippen molar-refractivity contribution in [1.29, 1.82) is 0 Å². The monoisotopic (exact) mass is 264 g/mol. The maximum absolute atomic E-state index is 5.81. The topological polar surface area (TPSA) is 82.3 Å². The van der Waals surface area contributed by atoms with Gasteiger partial charge in [0.2, 0.25) is 5.88 Å². The molecule has 0 amide bonds. The predicted octanol–water partition coefficient (Wildman–Crippen LogP) is 1.51. The molecule has 6 nitrogen and oxygen atoms in total. The van der Waals surface area contributed by atoms with Crippen LogP contribution in [0.25, 0.3) is 0 Å². The van der Waals surface area contributed by atoms with Crippen LogP contribution in [-0.2, 0) is 4.74 Å². The van der Waals surface area contributed by atoms with Crippen molar-refractivity contribution in [3.8, 4) is 5.88 Å². The SMILES string of the molecule is Cc1c(NN)nc(C2CC2)nc1OCC1CCCO1. The fourth-order valence-corrected chi connectivity index (χ4v) is 2.27. The molecule has 0 spiro atoms. The zero-order valence-electron chi connectivity index (χ0n) is 11.2. The molecule has 1 saturated carbocycles. The van der Waals surface area contributed by atoms with E-state index in [0.29, 0.717) is 24.2 Å². The number of hydrogen-bond acceptors (Lipinski definition) is 6. The van der Waals surface area contributed by atoms with Crippen LogP contribution >= 0.6 is 0 Å². The normalized spacial score (nSPS) is 22.5. The van der Waals surface area contributed by atoms with Crippen LogP contribution in [0.3, 0.4) is 0 Å². The second-order valence-electron chi connectivity index (χ2n) is 5.23. The van der Waals surface area contributed by atoms with Crippen molar-refractivity contribution in [3.63, 3.8) is 0 Å². The number of ether oxygens (including phenoxy) is 2. The first-order valence-corrected chi connectivity index (χ1v) is 6.87. The van der Waals surface area contributed by atoms with Crippen LogP contribution < -0.4 is 16.0 Å². The minimum Gasteiger partial charge on any atom is -0.475 e. The summed E-state index contributed by atoms with van der Waals surface area (Å²) >= 11 is 0. The average Bonchev–Trinajstić information content (AvgIpc) is 3.14. The molecule has 1 saturated heterocycles. The number of hydrogen-bond donors (Lipinski definition) is 2. The Kier molecular flexibility index (Phi) is 3.52. The summed E-state index contributed by atoms with van der Waals surface area (Å²) in [5.41, 5.74) is 3.48. The lowest BCUT2D eigenvalue weighted by Gasteiger charge is -2.15. The number of nitrogens with two attached hydrogens (primary N) is 1. The van der Waals surface area contributed by atoms with Gasteiger partial charge in [-0.15, -0.1) is 0 Å². The fraction of sp³-hybridized carbons (Fsp3) is 0.692. The van der Waals surface area contributed by atoms with Gasteiger partial charge >= 0.3 is 0 Å². The Labute approximate surface area is 112 Å². The summed E-state index contributed by atoms with van der Waals surface area (Å²) in [6.45, 7) is 3.29. The van der Waals surface area contributed by atoms with Crippen LogP contribution in [-0.4, -0.2) is 29.3 Å². The highest BCUT2D eigenvalue weighted by molar-refractivity contribution is 5.48. The molecule has 104 valence electrons. The second-order valence-corrected chi connectivity index (χ2v) is 5.23. The molecular formula is C13H20N4O2. The molecule has 1 aromatic rings. The molecule has 1 aromatic heterocycles. The lowest BCUT2D eigenvalue weighted by atomic mass is 10.2. The van der Waals surface area contributed by atoms with Crippen LogP contribution in [0.5, 0.6) is 5.88 Å². The molecule has 2 aliphatic rings. The van der Waals surface area contributed by atoms with Gasteiger partial charge in [0.25, 0.3) is 0 Å². The largest absolute Gasteiger partial charge is 0.475 e. The van der Waals surface area contributed by atoms with E-state index in [1.54, 1.807) is 0 Å². The number of nitrogens with zero attached hydrogens (tertiary/aromatic N) is 2. The molecule has 6 heteroatoms. The van der Waals surface area contributed by atoms with Crippen molar-refractivity contribution in [1.82, 2.24) is 9.97 Å². The third kappa shape index (κ3) is 2.79. The number of hydrazine groups is 1. The summed E-state index contributed by atoms with van der Waals surface area (Å²) in [5.74, 6) is 8.09. The molecule has 19 heavy (non-hydrogen) atoms. The van der Waals surface area contributed by atoms with Gasteiger partial charge in [-0.2, -0.15) is 4.98 Å². The van der Waals surface area contributed by atoms with Gasteiger partial charge in [-0.1, -0.05) is 0 Å². The third-order valence-electron chi connectivity index (χ3n) is 3.63. The summed E-state index contributed by atoms with van der Waals surface area (Å²) in [4.78, 5) is 8.95. The molecular weight excluding hydrogens is 244 g/mol. The van der Waals surface area contributed by atoms with Crippen molar-refractivity contribution in [2.24, 2.45) is 5.84 Å². The van der Waals surface area contributed by atoms with Gasteiger partial charge in [0, 0.05) is 12.5 Å². The molecule has 0 aromatic carbocycles. The fourth-order valence-electron chi connectivity index (χ4n) is 2.27. The first-order valence-electron chi connectivity index (χ1n) is 6.87. The van der Waals surface area contributed by atoms with E-state index in [-0.39, 0.29) is 6.10 Å². The standard InChI is InChI=1S/C13H20N4O2/c1-8-11(17-14)15-12(9-4-5-9)16-13(8)19-7-10-3-2-6-18-10/h9-10H,2-7,14H2,1H3,(H,15,16,17). The van der Waals surface area contributed by atoms with Gasteiger partial charge < -0.3 is 14.9 Å². The highest BCUT2D eigenvalue weighted by Crippen LogP contribution is 2.39. The maximum atomic E-state index is 5.81. The summed E-state index contributed by atoms with van der Waals surface area (Å²) in [5, 5.41) is 0. The lowest BCUT2D eigenvalue weighted by molar-refractivity contribution is 0.0659. The molecule has 1 aliphatic carbocycles. The zero-order chi connectivity index (χ0) is 13.2. The van der Waals surface area contributed by atoms with E-state index in [9.17, 15) is 0 Å². The average molecular weight is 264 g/mol. The summed E-state index contributed by atoms with van der Waals surface area (Å²) < 4.78 is 11.4. The van der Waals surface area contributed by atoms with Crippen molar-refractivity contribution in [2.45, 2.75) is 44.6 Å². The van der Waals surface area contributed by atoms with Crippen molar-refractivity contribution in [3.05, 3.63) is 11.4 Å². The number of nitrogen functional groups attached to an aromatic ring is 1. The van der Waals surface area contributed by atoms with E-state index in [2.05, 4.69) is 15.4 Å².